The van der Waals surface area contributed by atoms with Crippen molar-refractivity contribution in [1.29, 1.82) is 0 Å². The highest BCUT2D eigenvalue weighted by atomic mass is 16.1. The summed E-state index contributed by atoms with van der Waals surface area (Å²) in [6.45, 7) is 10.8. The molecule has 0 bridgehead atoms. The van der Waals surface area contributed by atoms with E-state index in [1.54, 1.807) is 0 Å². The number of nitrogens with two attached hydrogens (primary N) is 1. The molecule has 0 saturated heterocycles. The van der Waals surface area contributed by atoms with Crippen molar-refractivity contribution in [3.05, 3.63) is 33.2 Å². The summed E-state index contributed by atoms with van der Waals surface area (Å²) in [6.07, 6.45) is 0.944. The van der Waals surface area contributed by atoms with Crippen LogP contribution in [0.3, 0.4) is 0 Å². The van der Waals surface area contributed by atoms with E-state index in [0.717, 1.165) is 31.6 Å². The minimum absolute atomic E-state index is 0.0921. The highest BCUT2D eigenvalue weighted by Gasteiger charge is 2.25. The first-order valence-electron chi connectivity index (χ1n) is 7.43. The second kappa shape index (κ2) is 5.34. The van der Waals surface area contributed by atoms with Gasteiger partial charge in [0.15, 0.2) is 0 Å². The van der Waals surface area contributed by atoms with Gasteiger partial charge in [-0.25, -0.2) is 0 Å². The maximum absolute atomic E-state index is 12.8. The molecule has 112 valence electrons. The Bertz CT molecular complexity index is 552. The summed E-state index contributed by atoms with van der Waals surface area (Å²) in [7, 11) is 2.12. The van der Waals surface area contributed by atoms with E-state index >= 15 is 0 Å². The number of pyridine rings is 1. The van der Waals surface area contributed by atoms with Crippen LogP contribution in [0.4, 0.5) is 0 Å². The van der Waals surface area contributed by atoms with E-state index in [2.05, 4.69) is 25.8 Å². The van der Waals surface area contributed by atoms with Crippen LogP contribution in [0, 0.1) is 5.92 Å². The molecule has 2 N–H and O–H groups in total. The first kappa shape index (κ1) is 15.3. The fourth-order valence-corrected chi connectivity index (χ4v) is 2.88. The van der Waals surface area contributed by atoms with Gasteiger partial charge in [-0.1, -0.05) is 13.8 Å². The van der Waals surface area contributed by atoms with E-state index in [-0.39, 0.29) is 5.56 Å². The van der Waals surface area contributed by atoms with Crippen molar-refractivity contribution in [2.45, 2.75) is 52.7 Å². The van der Waals surface area contributed by atoms with Crippen LogP contribution in [0.25, 0.3) is 0 Å². The Morgan fingerprint density at radius 3 is 2.60 bits per heavy atom. The van der Waals surface area contributed by atoms with Crippen LogP contribution in [0.5, 0.6) is 0 Å². The summed E-state index contributed by atoms with van der Waals surface area (Å²) in [5, 5.41) is 0. The Morgan fingerprint density at radius 2 is 2.05 bits per heavy atom. The van der Waals surface area contributed by atoms with Crippen LogP contribution in [0.15, 0.2) is 10.9 Å². The van der Waals surface area contributed by atoms with Crippen LogP contribution in [0.2, 0.25) is 0 Å². The number of likely N-dealkylation sites (N-methyl/N-ethyl adjacent to an activating group) is 1. The summed E-state index contributed by atoms with van der Waals surface area (Å²) in [5.41, 5.74) is 8.88. The molecule has 0 spiro atoms. The second-order valence-electron chi connectivity index (χ2n) is 7.05. The molecular formula is C16H27N3O. The van der Waals surface area contributed by atoms with Gasteiger partial charge in [-0.2, -0.15) is 0 Å². The molecule has 2 rings (SSSR count). The predicted octanol–water partition coefficient (Wildman–Crippen LogP) is 1.69. The SMILES string of the molecule is CC(C)Cn1c2c(cc(C(C)(C)N)c1=O)CN(C)CC2. The van der Waals surface area contributed by atoms with Gasteiger partial charge >= 0.3 is 0 Å². The van der Waals surface area contributed by atoms with Crippen molar-refractivity contribution in [2.75, 3.05) is 13.6 Å². The smallest absolute Gasteiger partial charge is 0.255 e. The maximum atomic E-state index is 12.8. The third-order valence-electron chi connectivity index (χ3n) is 3.90. The average Bonchev–Trinajstić information content (AvgIpc) is 2.30. The maximum Gasteiger partial charge on any atom is 0.255 e. The van der Waals surface area contributed by atoms with Crippen LogP contribution in [-0.4, -0.2) is 23.1 Å². The van der Waals surface area contributed by atoms with Gasteiger partial charge in [0, 0.05) is 42.9 Å². The minimum Gasteiger partial charge on any atom is -0.322 e. The Morgan fingerprint density at radius 1 is 1.40 bits per heavy atom. The van der Waals surface area contributed by atoms with Crippen molar-refractivity contribution < 1.29 is 0 Å². The van der Waals surface area contributed by atoms with Gasteiger partial charge in [0.25, 0.3) is 5.56 Å². The van der Waals surface area contributed by atoms with E-state index in [1.807, 2.05) is 24.5 Å². The van der Waals surface area contributed by atoms with Crippen molar-refractivity contribution in [1.82, 2.24) is 9.47 Å². The predicted molar refractivity (Wildman–Crippen MR) is 82.8 cm³/mol. The number of nitrogens with zero attached hydrogens (tertiary/aromatic N) is 2. The molecular weight excluding hydrogens is 250 g/mol. The summed E-state index contributed by atoms with van der Waals surface area (Å²) in [4.78, 5) is 15.1. The van der Waals surface area contributed by atoms with E-state index in [0.29, 0.717) is 5.92 Å². The standard InChI is InChI=1S/C16H27N3O/c1-11(2)9-19-14-6-7-18(5)10-12(14)8-13(15(19)20)16(3,4)17/h8,11H,6-7,9-10,17H2,1-5H3. The lowest BCUT2D eigenvalue weighted by Gasteiger charge is -2.31. The third kappa shape index (κ3) is 2.96. The molecule has 1 aromatic rings. The lowest BCUT2D eigenvalue weighted by Crippen LogP contribution is -2.42. The van der Waals surface area contributed by atoms with Crippen LogP contribution in [-0.2, 0) is 25.0 Å². The number of aromatic nitrogens is 1. The lowest BCUT2D eigenvalue weighted by molar-refractivity contribution is 0.300. The molecule has 0 amide bonds. The van der Waals surface area contributed by atoms with Gasteiger partial charge in [-0.15, -0.1) is 0 Å². The van der Waals surface area contributed by atoms with Crippen molar-refractivity contribution in [3.63, 3.8) is 0 Å². The molecule has 2 heterocycles. The zero-order chi connectivity index (χ0) is 15.1. The van der Waals surface area contributed by atoms with Gasteiger partial charge in [-0.05, 0) is 38.4 Å². The Labute approximate surface area is 121 Å². The molecule has 1 aromatic heterocycles. The van der Waals surface area contributed by atoms with E-state index in [9.17, 15) is 4.79 Å². The normalized spacial score (nSPS) is 16.6. The lowest BCUT2D eigenvalue weighted by atomic mass is 9.92. The van der Waals surface area contributed by atoms with Gasteiger partial charge < -0.3 is 15.2 Å². The summed E-state index contributed by atoms with van der Waals surface area (Å²) in [5.74, 6) is 0.451. The number of fused-ring (bicyclic) bond motifs is 1. The molecule has 4 heteroatoms. The zero-order valence-electron chi connectivity index (χ0n) is 13.4. The Hall–Kier alpha value is -1.13. The number of hydrogen-bond acceptors (Lipinski definition) is 3. The topological polar surface area (TPSA) is 51.3 Å². The highest BCUT2D eigenvalue weighted by molar-refractivity contribution is 5.32. The average molecular weight is 277 g/mol. The summed E-state index contributed by atoms with van der Waals surface area (Å²) < 4.78 is 1.97. The first-order chi connectivity index (χ1) is 9.20. The molecule has 4 nitrogen and oxygen atoms in total. The van der Waals surface area contributed by atoms with Crippen LogP contribution < -0.4 is 11.3 Å². The van der Waals surface area contributed by atoms with Gasteiger partial charge in [0.1, 0.15) is 0 Å². The number of hydrogen-bond donors (Lipinski definition) is 1. The molecule has 0 saturated carbocycles. The van der Waals surface area contributed by atoms with Crippen molar-refractivity contribution in [3.8, 4) is 0 Å². The summed E-state index contributed by atoms with van der Waals surface area (Å²) in [6, 6.07) is 2.03. The second-order valence-corrected chi connectivity index (χ2v) is 7.05. The molecule has 20 heavy (non-hydrogen) atoms. The van der Waals surface area contributed by atoms with Gasteiger partial charge in [-0.3, -0.25) is 4.79 Å². The van der Waals surface area contributed by atoms with Crippen molar-refractivity contribution >= 4 is 0 Å². The fourth-order valence-electron chi connectivity index (χ4n) is 2.88. The van der Waals surface area contributed by atoms with E-state index in [1.165, 1.54) is 11.3 Å². The first-order valence-corrected chi connectivity index (χ1v) is 7.43. The quantitative estimate of drug-likeness (QED) is 0.914. The monoisotopic (exact) mass is 277 g/mol. The highest BCUT2D eigenvalue weighted by Crippen LogP contribution is 2.22. The van der Waals surface area contributed by atoms with Crippen LogP contribution >= 0.6 is 0 Å². The van der Waals surface area contributed by atoms with E-state index < -0.39 is 5.54 Å². The molecule has 0 fully saturated rings. The molecule has 1 aliphatic rings. The molecule has 0 aromatic carbocycles. The largest absolute Gasteiger partial charge is 0.322 e. The van der Waals surface area contributed by atoms with Gasteiger partial charge in [0.2, 0.25) is 0 Å². The number of rotatable bonds is 3. The zero-order valence-corrected chi connectivity index (χ0v) is 13.4. The van der Waals surface area contributed by atoms with Gasteiger partial charge in [0.05, 0.1) is 0 Å². The summed E-state index contributed by atoms with van der Waals surface area (Å²) >= 11 is 0. The third-order valence-corrected chi connectivity index (χ3v) is 3.90. The molecule has 0 radical (unpaired) electrons. The molecule has 0 atom stereocenters. The minimum atomic E-state index is -0.596. The van der Waals surface area contributed by atoms with Crippen molar-refractivity contribution in [2.24, 2.45) is 11.7 Å². The molecule has 0 aliphatic carbocycles. The fraction of sp³-hybridized carbons (Fsp3) is 0.688. The van der Waals surface area contributed by atoms with E-state index in [4.69, 9.17) is 5.73 Å². The Balaban J connectivity index is 2.64. The molecule has 0 unspecified atom stereocenters. The van der Waals surface area contributed by atoms with Crippen LogP contribution in [0.1, 0.15) is 44.5 Å². The Kier molecular flexibility index (Phi) is 4.07. The molecule has 1 aliphatic heterocycles.